The molecule has 0 bridgehead atoms. The van der Waals surface area contributed by atoms with Gasteiger partial charge in [-0.1, -0.05) is 6.58 Å². The van der Waals surface area contributed by atoms with E-state index in [2.05, 4.69) is 6.58 Å². The minimum absolute atomic E-state index is 0.0332. The van der Waals surface area contributed by atoms with E-state index >= 15 is 0 Å². The number of allylic oxidation sites excluding steroid dienone is 1. The first-order chi connectivity index (χ1) is 8.00. The molecule has 1 aromatic carbocycles. The van der Waals surface area contributed by atoms with Gasteiger partial charge in [-0.2, -0.15) is 0 Å². The van der Waals surface area contributed by atoms with Crippen LogP contribution in [0.1, 0.15) is 17.3 Å². The number of hydrogen-bond donors (Lipinski definition) is 0. The van der Waals surface area contributed by atoms with Crippen LogP contribution in [0, 0.1) is 0 Å². The van der Waals surface area contributed by atoms with Gasteiger partial charge in [-0.25, -0.2) is 0 Å². The number of carbonyl (C=O) groups is 2. The molecule has 0 aromatic heterocycles. The first kappa shape index (κ1) is 12.2. The van der Waals surface area contributed by atoms with Crippen molar-refractivity contribution in [2.45, 2.75) is 11.8 Å². The SMILES string of the molecule is C=C(C)N1C(=O)CSc2ccc(C(=O)Cl)cc21. The molecule has 1 amide bonds. The topological polar surface area (TPSA) is 37.4 Å². The Balaban J connectivity index is 2.56. The van der Waals surface area contributed by atoms with Gasteiger partial charge in [0.05, 0.1) is 11.4 Å². The normalized spacial score (nSPS) is 14.5. The van der Waals surface area contributed by atoms with Crippen molar-refractivity contribution >= 4 is 40.2 Å². The predicted octanol–water partition coefficient (Wildman–Crippen LogP) is 3.04. The third kappa shape index (κ3) is 2.23. The summed E-state index contributed by atoms with van der Waals surface area (Å²) in [5.41, 5.74) is 1.70. The molecule has 0 unspecified atom stereocenters. The molecule has 0 atom stereocenters. The molecule has 1 aliphatic rings. The molecule has 88 valence electrons. The Labute approximate surface area is 108 Å². The smallest absolute Gasteiger partial charge is 0.252 e. The molecule has 5 heteroatoms. The summed E-state index contributed by atoms with van der Waals surface area (Å²) in [6.07, 6.45) is 0. The fourth-order valence-corrected chi connectivity index (χ4v) is 2.68. The molecule has 3 nitrogen and oxygen atoms in total. The van der Waals surface area contributed by atoms with Crippen molar-refractivity contribution in [1.82, 2.24) is 0 Å². The maximum Gasteiger partial charge on any atom is 0.252 e. The summed E-state index contributed by atoms with van der Waals surface area (Å²) in [5.74, 6) is 0.350. The molecule has 0 N–H and O–H groups in total. The van der Waals surface area contributed by atoms with E-state index in [4.69, 9.17) is 11.6 Å². The van der Waals surface area contributed by atoms with Gasteiger partial charge < -0.3 is 0 Å². The van der Waals surface area contributed by atoms with Crippen LogP contribution in [0.5, 0.6) is 0 Å². The van der Waals surface area contributed by atoms with Gasteiger partial charge in [0.15, 0.2) is 0 Å². The van der Waals surface area contributed by atoms with E-state index in [9.17, 15) is 9.59 Å². The van der Waals surface area contributed by atoms with Crippen molar-refractivity contribution in [1.29, 1.82) is 0 Å². The Morgan fingerprint density at radius 1 is 1.53 bits per heavy atom. The number of amides is 1. The van der Waals surface area contributed by atoms with E-state index in [1.807, 2.05) is 0 Å². The van der Waals surface area contributed by atoms with E-state index in [0.717, 1.165) is 4.90 Å². The van der Waals surface area contributed by atoms with Crippen LogP contribution in [0.2, 0.25) is 0 Å². The second kappa shape index (κ2) is 4.55. The van der Waals surface area contributed by atoms with Crippen LogP contribution in [0.25, 0.3) is 0 Å². The molecule has 1 aliphatic heterocycles. The summed E-state index contributed by atoms with van der Waals surface area (Å²) in [4.78, 5) is 25.4. The van der Waals surface area contributed by atoms with Crippen LogP contribution in [0.4, 0.5) is 5.69 Å². The lowest BCUT2D eigenvalue weighted by atomic mass is 10.2. The summed E-state index contributed by atoms with van der Waals surface area (Å²) in [7, 11) is 0. The third-order valence-electron chi connectivity index (χ3n) is 2.41. The van der Waals surface area contributed by atoms with Crippen LogP contribution >= 0.6 is 23.4 Å². The number of benzene rings is 1. The predicted molar refractivity (Wildman–Crippen MR) is 69.6 cm³/mol. The molecule has 1 aromatic rings. The summed E-state index contributed by atoms with van der Waals surface area (Å²) in [5, 5.41) is -0.530. The Kier molecular flexibility index (Phi) is 3.26. The first-order valence-corrected chi connectivity index (χ1v) is 6.32. The van der Waals surface area contributed by atoms with Crippen LogP contribution in [0.15, 0.2) is 35.4 Å². The van der Waals surface area contributed by atoms with Crippen LogP contribution < -0.4 is 4.90 Å². The van der Waals surface area contributed by atoms with Crippen molar-refractivity contribution in [3.63, 3.8) is 0 Å². The van der Waals surface area contributed by atoms with Crippen molar-refractivity contribution in [3.8, 4) is 0 Å². The van der Waals surface area contributed by atoms with Crippen LogP contribution in [0.3, 0.4) is 0 Å². The zero-order valence-corrected chi connectivity index (χ0v) is 10.8. The van der Waals surface area contributed by atoms with Crippen molar-refractivity contribution < 1.29 is 9.59 Å². The van der Waals surface area contributed by atoms with E-state index in [-0.39, 0.29) is 5.91 Å². The average molecular weight is 268 g/mol. The van der Waals surface area contributed by atoms with Gasteiger partial charge in [-0.15, -0.1) is 11.8 Å². The number of carbonyl (C=O) groups excluding carboxylic acids is 2. The monoisotopic (exact) mass is 267 g/mol. The molecular weight excluding hydrogens is 258 g/mol. The largest absolute Gasteiger partial charge is 0.284 e. The Bertz CT molecular complexity index is 527. The Morgan fingerprint density at radius 3 is 2.82 bits per heavy atom. The number of anilines is 1. The fourth-order valence-electron chi connectivity index (χ4n) is 1.69. The molecule has 0 saturated heterocycles. The Hall–Kier alpha value is -1.26. The maximum absolute atomic E-state index is 11.8. The number of rotatable bonds is 2. The summed E-state index contributed by atoms with van der Waals surface area (Å²) < 4.78 is 0. The highest BCUT2D eigenvalue weighted by Gasteiger charge is 2.25. The summed E-state index contributed by atoms with van der Waals surface area (Å²) >= 11 is 6.89. The second-order valence-corrected chi connectivity index (χ2v) is 5.07. The number of thioether (sulfide) groups is 1. The average Bonchev–Trinajstić information content (AvgIpc) is 2.27. The molecule has 17 heavy (non-hydrogen) atoms. The molecule has 0 radical (unpaired) electrons. The van der Waals surface area contributed by atoms with E-state index in [1.54, 1.807) is 25.1 Å². The van der Waals surface area contributed by atoms with Gasteiger partial charge in [-0.3, -0.25) is 14.5 Å². The minimum atomic E-state index is -0.530. The quantitative estimate of drug-likeness (QED) is 0.773. The molecule has 0 saturated carbocycles. The zero-order valence-electron chi connectivity index (χ0n) is 9.20. The third-order valence-corrected chi connectivity index (χ3v) is 3.67. The van der Waals surface area contributed by atoms with E-state index < -0.39 is 5.24 Å². The maximum atomic E-state index is 11.8. The Morgan fingerprint density at radius 2 is 2.24 bits per heavy atom. The highest BCUT2D eigenvalue weighted by atomic mass is 35.5. The highest BCUT2D eigenvalue weighted by Crippen LogP contribution is 2.37. The number of fused-ring (bicyclic) bond motifs is 1. The number of hydrogen-bond acceptors (Lipinski definition) is 3. The minimum Gasteiger partial charge on any atom is -0.284 e. The molecule has 1 heterocycles. The van der Waals surface area contributed by atoms with E-state index in [0.29, 0.717) is 22.7 Å². The zero-order chi connectivity index (χ0) is 12.6. The molecule has 2 rings (SSSR count). The van der Waals surface area contributed by atoms with Crippen LogP contribution in [-0.4, -0.2) is 16.9 Å². The summed E-state index contributed by atoms with van der Waals surface area (Å²) in [6.45, 7) is 5.54. The van der Waals surface area contributed by atoms with Gasteiger partial charge in [0, 0.05) is 16.2 Å². The van der Waals surface area contributed by atoms with Gasteiger partial charge in [-0.05, 0) is 36.7 Å². The van der Waals surface area contributed by atoms with Crippen molar-refractivity contribution in [3.05, 3.63) is 36.0 Å². The number of nitrogens with zero attached hydrogens (tertiary/aromatic N) is 1. The van der Waals surface area contributed by atoms with Crippen molar-refractivity contribution in [2.24, 2.45) is 0 Å². The lowest BCUT2D eigenvalue weighted by molar-refractivity contribution is -0.115. The molecular formula is C12H10ClNO2S. The molecule has 0 spiro atoms. The van der Waals surface area contributed by atoms with E-state index in [1.165, 1.54) is 16.7 Å². The highest BCUT2D eigenvalue weighted by molar-refractivity contribution is 8.00. The van der Waals surface area contributed by atoms with Crippen molar-refractivity contribution in [2.75, 3.05) is 10.7 Å². The lowest BCUT2D eigenvalue weighted by Gasteiger charge is -2.29. The van der Waals surface area contributed by atoms with Crippen LogP contribution in [-0.2, 0) is 4.79 Å². The van der Waals surface area contributed by atoms with Gasteiger partial charge >= 0.3 is 0 Å². The van der Waals surface area contributed by atoms with Gasteiger partial charge in [0.1, 0.15) is 0 Å². The summed E-state index contributed by atoms with van der Waals surface area (Å²) in [6, 6.07) is 5.09. The fraction of sp³-hybridized carbons (Fsp3) is 0.167. The molecule has 0 aliphatic carbocycles. The second-order valence-electron chi connectivity index (χ2n) is 3.71. The number of halogens is 1. The first-order valence-electron chi connectivity index (χ1n) is 4.96. The lowest BCUT2D eigenvalue weighted by Crippen LogP contribution is -2.33. The molecule has 0 fully saturated rings. The standard InChI is InChI=1S/C12H10ClNO2S/c1-7(2)14-9-5-8(12(13)16)3-4-10(9)17-6-11(14)15/h3-5H,1,6H2,2H3. The van der Waals surface area contributed by atoms with Gasteiger partial charge in [0.25, 0.3) is 5.24 Å². The van der Waals surface area contributed by atoms with Gasteiger partial charge in [0.2, 0.25) is 5.91 Å².